The molecule has 1 aliphatic heterocycles. The van der Waals surface area contributed by atoms with E-state index in [1.807, 2.05) is 0 Å². The van der Waals surface area contributed by atoms with Crippen molar-refractivity contribution in [2.45, 2.75) is 77.0 Å². The van der Waals surface area contributed by atoms with Gasteiger partial charge in [-0.1, -0.05) is 19.0 Å². The molecule has 0 aromatic carbocycles. The van der Waals surface area contributed by atoms with Gasteiger partial charge in [0, 0.05) is 12.7 Å². The lowest BCUT2D eigenvalue weighted by atomic mass is 9.43. The zero-order valence-corrected chi connectivity index (χ0v) is 16.1. The first kappa shape index (κ1) is 17.5. The van der Waals surface area contributed by atoms with Gasteiger partial charge in [0.15, 0.2) is 11.9 Å². The predicted molar refractivity (Wildman–Crippen MR) is 95.3 cm³/mol. The van der Waals surface area contributed by atoms with E-state index in [-0.39, 0.29) is 28.0 Å². The Bertz CT molecular complexity index is 737. The van der Waals surface area contributed by atoms with Crippen molar-refractivity contribution in [3.8, 4) is 0 Å². The summed E-state index contributed by atoms with van der Waals surface area (Å²) in [4.78, 5) is 12.8. The molecule has 4 bridgehead atoms. The standard InChI is InChI=1S/C20H28N2O5/c1-18-7-13-8-19(2,10-18)12-20(9-13,11-18)26-17(23)14-6-16(27-21-14)22(24)15-4-3-5-25-15/h6,13,15,24H,3-5,7-12H2,1-2H3. The van der Waals surface area contributed by atoms with Crippen LogP contribution in [0.25, 0.3) is 0 Å². The maximum absolute atomic E-state index is 12.8. The number of carbonyl (C=O) groups is 1. The summed E-state index contributed by atoms with van der Waals surface area (Å²) in [6, 6.07) is 1.44. The fraction of sp³-hybridized carbons (Fsp3) is 0.800. The minimum atomic E-state index is -0.458. The van der Waals surface area contributed by atoms with Gasteiger partial charge in [0.05, 0.1) is 0 Å². The van der Waals surface area contributed by atoms with Crippen LogP contribution < -0.4 is 5.06 Å². The number of carbonyl (C=O) groups excluding carboxylic acids is 1. The van der Waals surface area contributed by atoms with E-state index in [1.165, 1.54) is 25.3 Å². The van der Waals surface area contributed by atoms with Crippen molar-refractivity contribution in [2.75, 3.05) is 11.7 Å². The summed E-state index contributed by atoms with van der Waals surface area (Å²) >= 11 is 0. The SMILES string of the molecule is CC12CC3CC(C)(C1)CC(OC(=O)c1cc(N(O)C4CCCO4)on1)(C3)C2. The summed E-state index contributed by atoms with van der Waals surface area (Å²) in [5.74, 6) is 0.294. The second-order valence-corrected chi connectivity index (χ2v) is 10.1. The van der Waals surface area contributed by atoms with Gasteiger partial charge in [-0.15, -0.1) is 0 Å². The molecule has 2 heterocycles. The first-order valence-corrected chi connectivity index (χ1v) is 10.1. The molecule has 7 nitrogen and oxygen atoms in total. The lowest BCUT2D eigenvalue weighted by Crippen LogP contribution is -2.60. The van der Waals surface area contributed by atoms with E-state index >= 15 is 0 Å². The van der Waals surface area contributed by atoms with E-state index in [4.69, 9.17) is 14.0 Å². The maximum atomic E-state index is 12.8. The molecule has 0 spiro atoms. The third kappa shape index (κ3) is 2.95. The van der Waals surface area contributed by atoms with Gasteiger partial charge in [-0.25, -0.2) is 4.79 Å². The smallest absolute Gasteiger partial charge is 0.361 e. The molecule has 0 radical (unpaired) electrons. The number of aromatic nitrogens is 1. The normalized spacial score (nSPS) is 42.5. The number of hydrogen-bond donors (Lipinski definition) is 1. The number of rotatable bonds is 4. The summed E-state index contributed by atoms with van der Waals surface area (Å²) in [6.07, 6.45) is 7.68. The van der Waals surface area contributed by atoms with E-state index < -0.39 is 12.2 Å². The van der Waals surface area contributed by atoms with Crippen LogP contribution in [0.2, 0.25) is 0 Å². The van der Waals surface area contributed by atoms with Crippen molar-refractivity contribution < 1.29 is 24.0 Å². The van der Waals surface area contributed by atoms with Crippen molar-refractivity contribution in [3.05, 3.63) is 11.8 Å². The first-order chi connectivity index (χ1) is 12.8. The number of nitrogens with zero attached hydrogens (tertiary/aromatic N) is 2. The van der Waals surface area contributed by atoms with Gasteiger partial charge in [-0.3, -0.25) is 5.21 Å². The van der Waals surface area contributed by atoms with Crippen LogP contribution in [0.3, 0.4) is 0 Å². The number of hydroxylamine groups is 1. The zero-order chi connectivity index (χ0) is 18.9. The number of ether oxygens (including phenoxy) is 2. The maximum Gasteiger partial charge on any atom is 0.361 e. The quantitative estimate of drug-likeness (QED) is 0.630. The van der Waals surface area contributed by atoms with Gasteiger partial charge in [-0.2, -0.15) is 5.06 Å². The molecular weight excluding hydrogens is 348 g/mol. The van der Waals surface area contributed by atoms with Crippen LogP contribution in [-0.2, 0) is 9.47 Å². The van der Waals surface area contributed by atoms with Crippen LogP contribution in [0.4, 0.5) is 5.88 Å². The van der Waals surface area contributed by atoms with Crippen LogP contribution in [0, 0.1) is 16.7 Å². The average Bonchev–Trinajstić information content (AvgIpc) is 3.22. The van der Waals surface area contributed by atoms with E-state index in [1.54, 1.807) is 0 Å². The average molecular weight is 376 g/mol. The van der Waals surface area contributed by atoms with Gasteiger partial charge >= 0.3 is 5.97 Å². The van der Waals surface area contributed by atoms with E-state index in [0.717, 1.165) is 30.7 Å². The summed E-state index contributed by atoms with van der Waals surface area (Å²) < 4.78 is 16.7. The molecule has 1 aromatic rings. The van der Waals surface area contributed by atoms with Crippen LogP contribution in [-0.4, -0.2) is 34.8 Å². The molecule has 27 heavy (non-hydrogen) atoms. The fourth-order valence-corrected chi connectivity index (χ4v) is 7.07. The molecule has 1 N–H and O–H groups in total. The Morgan fingerprint density at radius 1 is 1.26 bits per heavy atom. The lowest BCUT2D eigenvalue weighted by molar-refractivity contribution is -0.190. The minimum Gasteiger partial charge on any atom is -0.454 e. The van der Waals surface area contributed by atoms with E-state index in [9.17, 15) is 10.0 Å². The summed E-state index contributed by atoms with van der Waals surface area (Å²) in [6.45, 7) is 5.29. The largest absolute Gasteiger partial charge is 0.454 e. The Hall–Kier alpha value is -1.60. The van der Waals surface area contributed by atoms with Crippen molar-refractivity contribution in [3.63, 3.8) is 0 Å². The van der Waals surface area contributed by atoms with Gasteiger partial charge in [0.1, 0.15) is 5.60 Å². The van der Waals surface area contributed by atoms with Gasteiger partial charge < -0.3 is 14.0 Å². The highest BCUT2D eigenvalue weighted by Crippen LogP contribution is 2.67. The van der Waals surface area contributed by atoms with Crippen molar-refractivity contribution in [1.29, 1.82) is 0 Å². The molecule has 1 saturated heterocycles. The fourth-order valence-electron chi connectivity index (χ4n) is 7.07. The van der Waals surface area contributed by atoms with Gasteiger partial charge in [-0.05, 0) is 68.1 Å². The molecule has 6 rings (SSSR count). The summed E-state index contributed by atoms with van der Waals surface area (Å²) in [7, 11) is 0. The number of anilines is 1. The number of hydrogen-bond acceptors (Lipinski definition) is 7. The Morgan fingerprint density at radius 2 is 2.00 bits per heavy atom. The molecule has 4 aliphatic carbocycles. The molecule has 5 aliphatic rings. The molecular formula is C20H28N2O5. The molecule has 148 valence electrons. The van der Waals surface area contributed by atoms with Crippen molar-refractivity contribution in [2.24, 2.45) is 16.7 Å². The summed E-state index contributed by atoms with van der Waals surface area (Å²) in [5, 5.41) is 14.9. The van der Waals surface area contributed by atoms with E-state index in [2.05, 4.69) is 19.0 Å². The predicted octanol–water partition coefficient (Wildman–Crippen LogP) is 3.91. The van der Waals surface area contributed by atoms with Gasteiger partial charge in [0.25, 0.3) is 5.88 Å². The number of esters is 1. The minimum absolute atomic E-state index is 0.105. The third-order valence-corrected chi connectivity index (χ3v) is 7.00. The van der Waals surface area contributed by atoms with E-state index in [0.29, 0.717) is 18.9 Å². The third-order valence-electron chi connectivity index (χ3n) is 7.00. The van der Waals surface area contributed by atoms with Gasteiger partial charge in [0.2, 0.25) is 0 Å². The Morgan fingerprint density at radius 3 is 2.63 bits per heavy atom. The monoisotopic (exact) mass is 376 g/mol. The molecule has 5 fully saturated rings. The zero-order valence-electron chi connectivity index (χ0n) is 16.1. The molecule has 4 saturated carbocycles. The molecule has 7 heteroatoms. The van der Waals surface area contributed by atoms with Crippen LogP contribution in [0.1, 0.15) is 75.7 Å². The summed E-state index contributed by atoms with van der Waals surface area (Å²) in [5.41, 5.74) is 0.260. The Kier molecular flexibility index (Phi) is 3.70. The first-order valence-electron chi connectivity index (χ1n) is 10.1. The molecule has 3 atom stereocenters. The van der Waals surface area contributed by atoms with Crippen LogP contribution >= 0.6 is 0 Å². The van der Waals surface area contributed by atoms with Crippen LogP contribution in [0.5, 0.6) is 0 Å². The molecule has 1 aromatic heterocycles. The topological polar surface area (TPSA) is 85.0 Å². The van der Waals surface area contributed by atoms with Crippen molar-refractivity contribution in [1.82, 2.24) is 5.16 Å². The molecule has 3 unspecified atom stereocenters. The lowest BCUT2D eigenvalue weighted by Gasteiger charge is -2.64. The van der Waals surface area contributed by atoms with Crippen LogP contribution in [0.15, 0.2) is 10.6 Å². The second kappa shape index (κ2) is 5.70. The molecule has 0 amide bonds. The Balaban J connectivity index is 1.32. The Labute approximate surface area is 158 Å². The highest BCUT2D eigenvalue weighted by molar-refractivity contribution is 5.88. The second-order valence-electron chi connectivity index (χ2n) is 10.1. The van der Waals surface area contributed by atoms with Crippen molar-refractivity contribution >= 4 is 11.9 Å². The highest BCUT2D eigenvalue weighted by atomic mass is 16.6. The highest BCUT2D eigenvalue weighted by Gasteiger charge is 2.62.